The molecule has 0 aromatic heterocycles. The van der Waals surface area contributed by atoms with Gasteiger partial charge in [-0.25, -0.2) is 4.79 Å². The topological polar surface area (TPSA) is 49.3 Å². The highest BCUT2D eigenvalue weighted by Gasteiger charge is 2.12. The molecule has 0 bridgehead atoms. The maximum Gasteiger partial charge on any atom is 0.337 e. The largest absolute Gasteiger partial charge is 0.478 e. The van der Waals surface area contributed by atoms with Gasteiger partial charge >= 0.3 is 5.97 Å². The zero-order valence-corrected chi connectivity index (χ0v) is 11.2. The first kappa shape index (κ1) is 13.4. The van der Waals surface area contributed by atoms with E-state index in [0.29, 0.717) is 10.7 Å². The van der Waals surface area contributed by atoms with E-state index in [1.165, 1.54) is 0 Å². The summed E-state index contributed by atoms with van der Waals surface area (Å²) in [6.45, 7) is 1.97. The molecule has 1 unspecified atom stereocenters. The molecular weight excluding hydrogens is 262 g/mol. The van der Waals surface area contributed by atoms with Crippen LogP contribution < -0.4 is 5.32 Å². The van der Waals surface area contributed by atoms with Crippen LogP contribution in [0.2, 0.25) is 5.02 Å². The molecule has 0 amide bonds. The molecule has 0 heterocycles. The number of hydrogen-bond acceptors (Lipinski definition) is 2. The van der Waals surface area contributed by atoms with Gasteiger partial charge in [-0.05, 0) is 36.8 Å². The van der Waals surface area contributed by atoms with Crippen LogP contribution in [0.4, 0.5) is 5.69 Å². The highest BCUT2D eigenvalue weighted by molar-refractivity contribution is 6.30. The number of carboxylic acid groups (broad SMARTS) is 1. The molecule has 2 aromatic carbocycles. The highest BCUT2D eigenvalue weighted by atomic mass is 35.5. The molecule has 0 spiro atoms. The van der Waals surface area contributed by atoms with Crippen LogP contribution >= 0.6 is 11.6 Å². The molecule has 0 saturated carbocycles. The van der Waals surface area contributed by atoms with Crippen molar-refractivity contribution in [1.82, 2.24) is 0 Å². The Morgan fingerprint density at radius 1 is 1.16 bits per heavy atom. The predicted octanol–water partition coefficient (Wildman–Crippen LogP) is 4.21. The fourth-order valence-corrected chi connectivity index (χ4v) is 1.99. The van der Waals surface area contributed by atoms with Gasteiger partial charge in [-0.2, -0.15) is 0 Å². The van der Waals surface area contributed by atoms with Crippen molar-refractivity contribution in [1.29, 1.82) is 0 Å². The van der Waals surface area contributed by atoms with Gasteiger partial charge in [0, 0.05) is 16.8 Å². The highest BCUT2D eigenvalue weighted by Crippen LogP contribution is 2.23. The van der Waals surface area contributed by atoms with Gasteiger partial charge in [-0.1, -0.05) is 35.9 Å². The first-order valence-electron chi connectivity index (χ1n) is 5.92. The molecule has 98 valence electrons. The van der Waals surface area contributed by atoms with Crippen LogP contribution in [0.1, 0.15) is 28.9 Å². The van der Waals surface area contributed by atoms with E-state index in [2.05, 4.69) is 5.32 Å². The summed E-state index contributed by atoms with van der Waals surface area (Å²) in [7, 11) is 0. The van der Waals surface area contributed by atoms with E-state index in [9.17, 15) is 4.79 Å². The summed E-state index contributed by atoms with van der Waals surface area (Å²) < 4.78 is 0. The second-order valence-corrected chi connectivity index (χ2v) is 4.70. The average molecular weight is 276 g/mol. The summed E-state index contributed by atoms with van der Waals surface area (Å²) in [4.78, 5) is 11.1. The first-order valence-corrected chi connectivity index (χ1v) is 6.30. The van der Waals surface area contributed by atoms with Gasteiger partial charge in [0.25, 0.3) is 0 Å². The maximum atomic E-state index is 11.1. The molecule has 0 fully saturated rings. The van der Waals surface area contributed by atoms with E-state index in [-0.39, 0.29) is 11.6 Å². The van der Waals surface area contributed by atoms with Crippen molar-refractivity contribution in [2.45, 2.75) is 13.0 Å². The lowest BCUT2D eigenvalue weighted by atomic mass is 10.1. The zero-order chi connectivity index (χ0) is 13.8. The number of nitrogens with one attached hydrogen (secondary N) is 1. The minimum absolute atomic E-state index is 0.00207. The quantitative estimate of drug-likeness (QED) is 0.879. The summed E-state index contributed by atoms with van der Waals surface area (Å²) in [5, 5.41) is 13.0. The molecule has 0 aliphatic rings. The van der Waals surface area contributed by atoms with Crippen LogP contribution in [0.15, 0.2) is 48.5 Å². The molecular formula is C15H14ClNO2. The number of benzene rings is 2. The Bertz CT molecular complexity index is 581. The number of hydrogen-bond donors (Lipinski definition) is 2. The van der Waals surface area contributed by atoms with Crippen LogP contribution in [-0.4, -0.2) is 11.1 Å². The third-order valence-corrected chi connectivity index (χ3v) is 3.15. The standard InChI is InChI=1S/C15H14ClNO2/c1-10(11-6-8-12(16)9-7-11)17-14-5-3-2-4-13(14)15(18)19/h2-10,17H,1H3,(H,18,19). The Morgan fingerprint density at radius 3 is 2.42 bits per heavy atom. The Hall–Kier alpha value is -2.00. The van der Waals surface area contributed by atoms with Crippen molar-refractivity contribution >= 4 is 23.3 Å². The summed E-state index contributed by atoms with van der Waals surface area (Å²) in [6, 6.07) is 14.3. The summed E-state index contributed by atoms with van der Waals surface area (Å²) in [5.41, 5.74) is 1.92. The van der Waals surface area contributed by atoms with Crippen molar-refractivity contribution in [3.8, 4) is 0 Å². The van der Waals surface area contributed by atoms with Gasteiger partial charge in [0.15, 0.2) is 0 Å². The van der Waals surface area contributed by atoms with Gasteiger partial charge in [-0.3, -0.25) is 0 Å². The van der Waals surface area contributed by atoms with Crippen LogP contribution in [0, 0.1) is 0 Å². The Balaban J connectivity index is 2.21. The summed E-state index contributed by atoms with van der Waals surface area (Å²) in [6.07, 6.45) is 0. The third-order valence-electron chi connectivity index (χ3n) is 2.90. The van der Waals surface area contributed by atoms with Gasteiger partial charge in [0.1, 0.15) is 0 Å². The lowest BCUT2D eigenvalue weighted by Crippen LogP contribution is -2.10. The van der Waals surface area contributed by atoms with Crippen molar-refractivity contribution in [3.63, 3.8) is 0 Å². The molecule has 2 aromatic rings. The number of carbonyl (C=O) groups is 1. The minimum Gasteiger partial charge on any atom is -0.478 e. The molecule has 0 aliphatic heterocycles. The molecule has 19 heavy (non-hydrogen) atoms. The molecule has 3 nitrogen and oxygen atoms in total. The van der Waals surface area contributed by atoms with Crippen molar-refractivity contribution in [2.75, 3.05) is 5.32 Å². The normalized spacial score (nSPS) is 11.9. The Labute approximate surface area is 116 Å². The minimum atomic E-state index is -0.939. The molecule has 1 atom stereocenters. The molecule has 4 heteroatoms. The number of rotatable bonds is 4. The molecule has 2 rings (SSSR count). The Kier molecular flexibility index (Phi) is 4.07. The maximum absolute atomic E-state index is 11.1. The number of carboxylic acids is 1. The number of anilines is 1. The van der Waals surface area contributed by atoms with Gasteiger partial charge < -0.3 is 10.4 Å². The number of halogens is 1. The van der Waals surface area contributed by atoms with Gasteiger partial charge in [0.2, 0.25) is 0 Å². The predicted molar refractivity (Wildman–Crippen MR) is 76.9 cm³/mol. The lowest BCUT2D eigenvalue weighted by molar-refractivity contribution is 0.0698. The van der Waals surface area contributed by atoms with Crippen LogP contribution in [-0.2, 0) is 0 Å². The van der Waals surface area contributed by atoms with E-state index >= 15 is 0 Å². The third kappa shape index (κ3) is 3.26. The monoisotopic (exact) mass is 275 g/mol. The van der Waals surface area contributed by atoms with Gasteiger partial charge in [-0.15, -0.1) is 0 Å². The summed E-state index contributed by atoms with van der Waals surface area (Å²) >= 11 is 5.85. The molecule has 0 radical (unpaired) electrons. The van der Waals surface area contributed by atoms with Crippen LogP contribution in [0.3, 0.4) is 0 Å². The first-order chi connectivity index (χ1) is 9.08. The smallest absolute Gasteiger partial charge is 0.337 e. The van der Waals surface area contributed by atoms with Crippen molar-refractivity contribution in [3.05, 3.63) is 64.7 Å². The number of aromatic carboxylic acids is 1. The van der Waals surface area contributed by atoms with E-state index in [1.54, 1.807) is 18.2 Å². The second-order valence-electron chi connectivity index (χ2n) is 4.27. The van der Waals surface area contributed by atoms with Crippen molar-refractivity contribution in [2.24, 2.45) is 0 Å². The Morgan fingerprint density at radius 2 is 1.79 bits per heavy atom. The SMILES string of the molecule is CC(Nc1ccccc1C(=O)O)c1ccc(Cl)cc1. The van der Waals surface area contributed by atoms with Crippen molar-refractivity contribution < 1.29 is 9.90 Å². The fourth-order valence-electron chi connectivity index (χ4n) is 1.86. The lowest BCUT2D eigenvalue weighted by Gasteiger charge is -2.17. The zero-order valence-electron chi connectivity index (χ0n) is 10.4. The van der Waals surface area contributed by atoms with Crippen LogP contribution in [0.5, 0.6) is 0 Å². The summed E-state index contributed by atoms with van der Waals surface area (Å²) in [5.74, 6) is -0.939. The van der Waals surface area contributed by atoms with E-state index in [4.69, 9.17) is 16.7 Å². The van der Waals surface area contributed by atoms with E-state index < -0.39 is 5.97 Å². The molecule has 0 saturated heterocycles. The van der Waals surface area contributed by atoms with Gasteiger partial charge in [0.05, 0.1) is 5.56 Å². The molecule has 2 N–H and O–H groups in total. The molecule has 0 aliphatic carbocycles. The van der Waals surface area contributed by atoms with Crippen LogP contribution in [0.25, 0.3) is 0 Å². The second kappa shape index (κ2) is 5.76. The fraction of sp³-hybridized carbons (Fsp3) is 0.133. The number of para-hydroxylation sites is 1. The van der Waals surface area contributed by atoms with E-state index in [1.807, 2.05) is 37.3 Å². The van der Waals surface area contributed by atoms with E-state index in [0.717, 1.165) is 5.56 Å². The average Bonchev–Trinajstić information content (AvgIpc) is 2.39.